The maximum Gasteiger partial charge on any atom is 0.0598 e. The first-order valence-corrected chi connectivity index (χ1v) is 7.07. The van der Waals surface area contributed by atoms with E-state index in [0.717, 1.165) is 39.0 Å². The van der Waals surface area contributed by atoms with E-state index in [-0.39, 0.29) is 5.41 Å². The van der Waals surface area contributed by atoms with Crippen molar-refractivity contribution in [2.75, 3.05) is 32.8 Å². The average Bonchev–Trinajstić information content (AvgIpc) is 2.36. The number of likely N-dealkylation sites (tertiary alicyclic amines) is 1. The number of nitrogens with one attached hydrogen (secondary N) is 1. The minimum Gasteiger partial charge on any atom is -0.396 e. The van der Waals surface area contributed by atoms with Crippen molar-refractivity contribution in [1.82, 2.24) is 10.2 Å². The zero-order valence-corrected chi connectivity index (χ0v) is 11.9. The lowest BCUT2D eigenvalue weighted by atomic mass is 9.87. The van der Waals surface area contributed by atoms with Gasteiger partial charge in [0.05, 0.1) is 6.54 Å². The van der Waals surface area contributed by atoms with E-state index in [1.807, 2.05) is 0 Å². The van der Waals surface area contributed by atoms with Crippen LogP contribution in [0.25, 0.3) is 0 Å². The molecule has 0 unspecified atom stereocenters. The van der Waals surface area contributed by atoms with Gasteiger partial charge >= 0.3 is 0 Å². The van der Waals surface area contributed by atoms with E-state index in [4.69, 9.17) is 11.5 Å². The molecule has 0 saturated carbocycles. The number of aliphatic hydroxyl groups is 1. The second kappa shape index (κ2) is 7.78. The van der Waals surface area contributed by atoms with Crippen molar-refractivity contribution >= 4 is 0 Å². The molecule has 0 aromatic rings. The summed E-state index contributed by atoms with van der Waals surface area (Å²) >= 11 is 0. The molecule has 0 bridgehead atoms. The molecule has 0 atom stereocenters. The van der Waals surface area contributed by atoms with Gasteiger partial charge in [0.2, 0.25) is 0 Å². The van der Waals surface area contributed by atoms with Crippen molar-refractivity contribution in [3.63, 3.8) is 0 Å². The molecule has 0 amide bonds. The van der Waals surface area contributed by atoms with Gasteiger partial charge < -0.3 is 10.4 Å². The van der Waals surface area contributed by atoms with Crippen LogP contribution in [0.15, 0.2) is 0 Å². The van der Waals surface area contributed by atoms with E-state index in [1.54, 1.807) is 0 Å². The van der Waals surface area contributed by atoms with Crippen molar-refractivity contribution in [1.29, 1.82) is 0 Å². The van der Waals surface area contributed by atoms with Crippen molar-refractivity contribution in [2.45, 2.75) is 45.6 Å². The Kier molecular flexibility index (Phi) is 6.70. The highest BCUT2D eigenvalue weighted by Crippen LogP contribution is 2.21. The van der Waals surface area contributed by atoms with Crippen LogP contribution in [0.4, 0.5) is 0 Å². The molecule has 3 heteroatoms. The fourth-order valence-corrected chi connectivity index (χ4v) is 2.49. The summed E-state index contributed by atoms with van der Waals surface area (Å²) < 4.78 is 0. The normalized spacial score (nSPS) is 18.8. The number of aliphatic hydroxyl groups excluding tert-OH is 1. The lowest BCUT2D eigenvalue weighted by Gasteiger charge is -2.34. The molecule has 0 spiro atoms. The standard InChI is InChI=1S/C15H28N2O/c1-4-9-17-10-6-14(7-11-17)16-13-15(2,3)8-5-12-18/h1,14,16,18H,5-13H2,2-3H3. The van der Waals surface area contributed by atoms with Crippen LogP contribution < -0.4 is 5.32 Å². The van der Waals surface area contributed by atoms with Gasteiger partial charge in [-0.3, -0.25) is 4.90 Å². The summed E-state index contributed by atoms with van der Waals surface area (Å²) in [7, 11) is 0. The lowest BCUT2D eigenvalue weighted by molar-refractivity contribution is 0.193. The van der Waals surface area contributed by atoms with Crippen molar-refractivity contribution in [3.05, 3.63) is 0 Å². The van der Waals surface area contributed by atoms with E-state index in [9.17, 15) is 0 Å². The summed E-state index contributed by atoms with van der Waals surface area (Å²) in [6, 6.07) is 0.632. The minimum absolute atomic E-state index is 0.276. The zero-order chi connectivity index (χ0) is 13.4. The summed E-state index contributed by atoms with van der Waals surface area (Å²) in [6.07, 6.45) is 9.69. The second-order valence-corrected chi connectivity index (χ2v) is 6.13. The molecule has 0 radical (unpaired) electrons. The number of nitrogens with zero attached hydrogens (tertiary/aromatic N) is 1. The van der Waals surface area contributed by atoms with E-state index in [0.29, 0.717) is 12.6 Å². The third-order valence-electron chi connectivity index (χ3n) is 3.78. The predicted molar refractivity (Wildman–Crippen MR) is 76.4 cm³/mol. The Morgan fingerprint density at radius 2 is 2.06 bits per heavy atom. The van der Waals surface area contributed by atoms with Gasteiger partial charge in [-0.15, -0.1) is 6.42 Å². The molecule has 1 aliphatic heterocycles. The van der Waals surface area contributed by atoms with Crippen LogP contribution in [0.3, 0.4) is 0 Å². The van der Waals surface area contributed by atoms with Gasteiger partial charge in [0.15, 0.2) is 0 Å². The largest absolute Gasteiger partial charge is 0.396 e. The first-order chi connectivity index (χ1) is 8.57. The zero-order valence-electron chi connectivity index (χ0n) is 11.9. The van der Waals surface area contributed by atoms with E-state index in [2.05, 4.69) is 30.0 Å². The van der Waals surface area contributed by atoms with Gasteiger partial charge in [-0.25, -0.2) is 0 Å². The molecular formula is C15H28N2O. The van der Waals surface area contributed by atoms with Crippen LogP contribution in [-0.2, 0) is 0 Å². The summed E-state index contributed by atoms with van der Waals surface area (Å²) in [5, 5.41) is 12.6. The fraction of sp³-hybridized carbons (Fsp3) is 0.867. The molecule has 3 nitrogen and oxygen atoms in total. The number of piperidine rings is 1. The Morgan fingerprint density at radius 3 is 2.61 bits per heavy atom. The van der Waals surface area contributed by atoms with Crippen LogP contribution in [0.1, 0.15) is 39.5 Å². The van der Waals surface area contributed by atoms with E-state index in [1.165, 1.54) is 12.8 Å². The SMILES string of the molecule is C#CCN1CCC(NCC(C)(C)CCCO)CC1. The van der Waals surface area contributed by atoms with Crippen LogP contribution >= 0.6 is 0 Å². The number of terminal acetylenes is 1. The third kappa shape index (κ3) is 5.86. The summed E-state index contributed by atoms with van der Waals surface area (Å²) in [5.41, 5.74) is 0.276. The van der Waals surface area contributed by atoms with Crippen LogP contribution in [-0.4, -0.2) is 48.8 Å². The van der Waals surface area contributed by atoms with Crippen LogP contribution in [0.5, 0.6) is 0 Å². The number of hydrogen-bond acceptors (Lipinski definition) is 3. The molecule has 2 N–H and O–H groups in total. The van der Waals surface area contributed by atoms with Crippen molar-refractivity contribution in [2.24, 2.45) is 5.41 Å². The molecule has 1 saturated heterocycles. The highest BCUT2D eigenvalue weighted by molar-refractivity contribution is 4.90. The number of rotatable bonds is 7. The first kappa shape index (κ1) is 15.5. The van der Waals surface area contributed by atoms with Gasteiger partial charge in [-0.05, 0) is 31.1 Å². The highest BCUT2D eigenvalue weighted by Gasteiger charge is 2.22. The molecule has 0 aromatic carbocycles. The van der Waals surface area contributed by atoms with Gasteiger partial charge in [-0.1, -0.05) is 19.8 Å². The van der Waals surface area contributed by atoms with Gasteiger partial charge in [0, 0.05) is 32.3 Å². The average molecular weight is 252 g/mol. The minimum atomic E-state index is 0.276. The number of hydrogen-bond donors (Lipinski definition) is 2. The second-order valence-electron chi connectivity index (χ2n) is 6.13. The molecule has 1 heterocycles. The molecule has 18 heavy (non-hydrogen) atoms. The Labute approximate surface area is 112 Å². The lowest BCUT2D eigenvalue weighted by Crippen LogP contribution is -2.45. The molecule has 1 aliphatic rings. The van der Waals surface area contributed by atoms with Crippen molar-refractivity contribution in [3.8, 4) is 12.3 Å². The van der Waals surface area contributed by atoms with Gasteiger partial charge in [0.1, 0.15) is 0 Å². The molecule has 0 aliphatic carbocycles. The molecule has 1 rings (SSSR count). The maximum absolute atomic E-state index is 8.88. The van der Waals surface area contributed by atoms with Gasteiger partial charge in [-0.2, -0.15) is 0 Å². The predicted octanol–water partition coefficient (Wildman–Crippen LogP) is 1.47. The summed E-state index contributed by atoms with van der Waals surface area (Å²) in [5.74, 6) is 2.71. The van der Waals surface area contributed by atoms with Crippen molar-refractivity contribution < 1.29 is 5.11 Å². The monoisotopic (exact) mass is 252 g/mol. The summed E-state index contributed by atoms with van der Waals surface area (Å²) in [4.78, 5) is 2.34. The Hall–Kier alpha value is -0.560. The molecule has 0 aromatic heterocycles. The van der Waals surface area contributed by atoms with Crippen LogP contribution in [0.2, 0.25) is 0 Å². The van der Waals surface area contributed by atoms with Gasteiger partial charge in [0.25, 0.3) is 0 Å². The highest BCUT2D eigenvalue weighted by atomic mass is 16.2. The summed E-state index contributed by atoms with van der Waals surface area (Å²) in [6.45, 7) is 8.87. The topological polar surface area (TPSA) is 35.5 Å². The van der Waals surface area contributed by atoms with E-state index >= 15 is 0 Å². The fourth-order valence-electron chi connectivity index (χ4n) is 2.49. The molecule has 1 fully saturated rings. The quantitative estimate of drug-likeness (QED) is 0.674. The third-order valence-corrected chi connectivity index (χ3v) is 3.78. The molecular weight excluding hydrogens is 224 g/mol. The Bertz CT molecular complexity index is 262. The first-order valence-electron chi connectivity index (χ1n) is 7.07. The smallest absolute Gasteiger partial charge is 0.0598 e. The molecule has 104 valence electrons. The Balaban J connectivity index is 2.19. The van der Waals surface area contributed by atoms with E-state index < -0.39 is 0 Å². The Morgan fingerprint density at radius 1 is 1.39 bits per heavy atom. The maximum atomic E-state index is 8.88. The van der Waals surface area contributed by atoms with Crippen LogP contribution in [0, 0.1) is 17.8 Å².